The van der Waals surface area contributed by atoms with Crippen LogP contribution in [-0.2, 0) is 0 Å². The summed E-state index contributed by atoms with van der Waals surface area (Å²) in [7, 11) is 0. The second-order valence-electron chi connectivity index (χ2n) is 6.59. The fourth-order valence-corrected chi connectivity index (χ4v) is 3.02. The molecule has 0 fully saturated rings. The first-order valence-electron chi connectivity index (χ1n) is 9.23. The number of benzene rings is 4. The predicted octanol–water partition coefficient (Wildman–Crippen LogP) is 5.51. The first-order chi connectivity index (χ1) is 14.5. The number of nitrogen functional groups attached to an aromatic ring is 2. The molecule has 4 rings (SSSR count). The van der Waals surface area contributed by atoms with Crippen molar-refractivity contribution in [3.8, 4) is 45.6 Å². The van der Waals surface area contributed by atoms with Crippen molar-refractivity contribution in [2.45, 2.75) is 0 Å². The number of rotatable bonds is 5. The number of para-hydroxylation sites is 3. The molecule has 0 heterocycles. The number of ether oxygens (including phenoxy) is 2. The van der Waals surface area contributed by atoms with Gasteiger partial charge in [-0.25, -0.2) is 0 Å². The van der Waals surface area contributed by atoms with Crippen LogP contribution >= 0.6 is 0 Å². The third-order valence-electron chi connectivity index (χ3n) is 4.56. The average molecular weight is 400 g/mol. The van der Waals surface area contributed by atoms with Crippen LogP contribution in [0.3, 0.4) is 0 Å². The molecule has 0 saturated heterocycles. The summed E-state index contributed by atoms with van der Waals surface area (Å²) in [4.78, 5) is 0. The Labute approximate surface area is 173 Å². The summed E-state index contributed by atoms with van der Waals surface area (Å²) in [6.07, 6.45) is 0. The van der Waals surface area contributed by atoms with Gasteiger partial charge in [0, 0.05) is 5.56 Å². The maximum atomic E-state index is 10.3. The van der Waals surface area contributed by atoms with Crippen molar-refractivity contribution in [3.63, 3.8) is 0 Å². The van der Waals surface area contributed by atoms with Crippen LogP contribution in [0.25, 0.3) is 11.1 Å². The maximum Gasteiger partial charge on any atom is 0.181 e. The highest BCUT2D eigenvalue weighted by atomic mass is 16.5. The van der Waals surface area contributed by atoms with Gasteiger partial charge in [-0.2, -0.15) is 0 Å². The lowest BCUT2D eigenvalue weighted by Crippen LogP contribution is -1.96. The van der Waals surface area contributed by atoms with E-state index in [4.69, 9.17) is 20.9 Å². The zero-order valence-electron chi connectivity index (χ0n) is 15.9. The van der Waals surface area contributed by atoms with Gasteiger partial charge in [0.25, 0.3) is 0 Å². The molecule has 0 amide bonds. The van der Waals surface area contributed by atoms with Crippen LogP contribution in [0, 0.1) is 0 Å². The van der Waals surface area contributed by atoms with Crippen LogP contribution in [0.2, 0.25) is 0 Å². The molecular weight excluding hydrogens is 380 g/mol. The van der Waals surface area contributed by atoms with Crippen molar-refractivity contribution in [3.05, 3.63) is 84.9 Å². The first kappa shape index (κ1) is 19.0. The number of hydrogen-bond acceptors (Lipinski definition) is 6. The molecule has 150 valence electrons. The van der Waals surface area contributed by atoms with Crippen molar-refractivity contribution in [2.24, 2.45) is 0 Å². The fraction of sp³-hybridized carbons (Fsp3) is 0. The van der Waals surface area contributed by atoms with E-state index in [1.807, 2.05) is 42.5 Å². The van der Waals surface area contributed by atoms with E-state index in [1.165, 1.54) is 0 Å². The SMILES string of the molecule is Nc1cccc(Oc2cccc(-c3ccccc3)c2Oc2cccc(N)c2O)c1O. The van der Waals surface area contributed by atoms with Gasteiger partial charge in [-0.3, -0.25) is 0 Å². The third-order valence-corrected chi connectivity index (χ3v) is 4.56. The normalized spacial score (nSPS) is 10.5. The quantitative estimate of drug-likeness (QED) is 0.259. The zero-order chi connectivity index (χ0) is 21.1. The summed E-state index contributed by atoms with van der Waals surface area (Å²) in [5.41, 5.74) is 13.6. The Morgan fingerprint density at radius 2 is 1.07 bits per heavy atom. The van der Waals surface area contributed by atoms with E-state index in [-0.39, 0.29) is 34.4 Å². The van der Waals surface area contributed by atoms with Crippen molar-refractivity contribution in [2.75, 3.05) is 11.5 Å². The Morgan fingerprint density at radius 3 is 1.70 bits per heavy atom. The third kappa shape index (κ3) is 3.66. The summed E-state index contributed by atoms with van der Waals surface area (Å²) in [6.45, 7) is 0. The summed E-state index contributed by atoms with van der Waals surface area (Å²) in [5.74, 6) is 0.714. The van der Waals surface area contributed by atoms with E-state index in [1.54, 1.807) is 42.5 Å². The molecule has 6 N–H and O–H groups in total. The molecule has 0 spiro atoms. The van der Waals surface area contributed by atoms with E-state index in [9.17, 15) is 10.2 Å². The Morgan fingerprint density at radius 1 is 0.533 bits per heavy atom. The molecule has 0 bridgehead atoms. The second-order valence-corrected chi connectivity index (χ2v) is 6.59. The van der Waals surface area contributed by atoms with Crippen molar-refractivity contribution in [1.82, 2.24) is 0 Å². The summed E-state index contributed by atoms with van der Waals surface area (Å²) < 4.78 is 12.0. The van der Waals surface area contributed by atoms with Crippen LogP contribution in [-0.4, -0.2) is 10.2 Å². The molecule has 0 saturated carbocycles. The van der Waals surface area contributed by atoms with Crippen molar-refractivity contribution in [1.29, 1.82) is 0 Å². The molecule has 30 heavy (non-hydrogen) atoms. The molecule has 0 aromatic heterocycles. The monoisotopic (exact) mass is 400 g/mol. The molecule has 0 atom stereocenters. The largest absolute Gasteiger partial charge is 0.503 e. The predicted molar refractivity (Wildman–Crippen MR) is 117 cm³/mol. The number of aromatic hydroxyl groups is 2. The fourth-order valence-electron chi connectivity index (χ4n) is 3.02. The van der Waals surface area contributed by atoms with Gasteiger partial charge in [0.1, 0.15) is 0 Å². The van der Waals surface area contributed by atoms with Gasteiger partial charge in [-0.05, 0) is 35.9 Å². The minimum Gasteiger partial charge on any atom is -0.503 e. The van der Waals surface area contributed by atoms with Crippen LogP contribution < -0.4 is 20.9 Å². The average Bonchev–Trinajstić information content (AvgIpc) is 2.76. The van der Waals surface area contributed by atoms with Gasteiger partial charge >= 0.3 is 0 Å². The lowest BCUT2D eigenvalue weighted by atomic mass is 10.0. The Hall–Kier alpha value is -4.32. The van der Waals surface area contributed by atoms with Crippen LogP contribution in [0.15, 0.2) is 84.9 Å². The molecule has 0 radical (unpaired) electrons. The van der Waals surface area contributed by atoms with E-state index in [0.29, 0.717) is 11.5 Å². The van der Waals surface area contributed by atoms with Crippen molar-refractivity contribution >= 4 is 11.4 Å². The highest BCUT2D eigenvalue weighted by molar-refractivity contribution is 5.75. The maximum absolute atomic E-state index is 10.3. The minimum absolute atomic E-state index is 0.166. The minimum atomic E-state index is -0.168. The molecule has 0 aliphatic rings. The lowest BCUT2D eigenvalue weighted by Gasteiger charge is -2.18. The molecule has 0 aliphatic carbocycles. The van der Waals surface area contributed by atoms with Gasteiger partial charge in [0.15, 0.2) is 34.5 Å². The topological polar surface area (TPSA) is 111 Å². The molecule has 6 heteroatoms. The first-order valence-corrected chi connectivity index (χ1v) is 9.23. The van der Waals surface area contributed by atoms with E-state index < -0.39 is 0 Å². The molecule has 4 aromatic rings. The van der Waals surface area contributed by atoms with Crippen LogP contribution in [0.5, 0.6) is 34.5 Å². The Bertz CT molecular complexity index is 1190. The van der Waals surface area contributed by atoms with E-state index in [2.05, 4.69) is 0 Å². The van der Waals surface area contributed by atoms with Crippen LogP contribution in [0.4, 0.5) is 11.4 Å². The Balaban J connectivity index is 1.85. The van der Waals surface area contributed by atoms with Gasteiger partial charge in [-0.15, -0.1) is 0 Å². The van der Waals surface area contributed by atoms with Gasteiger partial charge in [-0.1, -0.05) is 54.6 Å². The van der Waals surface area contributed by atoms with Crippen LogP contribution in [0.1, 0.15) is 0 Å². The highest BCUT2D eigenvalue weighted by Gasteiger charge is 2.18. The molecule has 4 aromatic carbocycles. The molecule has 0 aliphatic heterocycles. The van der Waals surface area contributed by atoms with Gasteiger partial charge < -0.3 is 31.2 Å². The molecule has 6 nitrogen and oxygen atoms in total. The van der Waals surface area contributed by atoms with Gasteiger partial charge in [0.2, 0.25) is 0 Å². The smallest absolute Gasteiger partial charge is 0.181 e. The molecule has 0 unspecified atom stereocenters. The Kier molecular flexibility index (Phi) is 5.05. The lowest BCUT2D eigenvalue weighted by molar-refractivity contribution is 0.379. The summed E-state index contributed by atoms with van der Waals surface area (Å²) >= 11 is 0. The van der Waals surface area contributed by atoms with E-state index in [0.717, 1.165) is 11.1 Å². The second kappa shape index (κ2) is 7.97. The number of phenols is 2. The number of phenolic OH excluding ortho intramolecular Hbond substituents is 2. The van der Waals surface area contributed by atoms with Crippen molar-refractivity contribution < 1.29 is 19.7 Å². The number of hydrogen-bond donors (Lipinski definition) is 4. The number of nitrogens with two attached hydrogens (primary N) is 2. The number of anilines is 2. The highest BCUT2D eigenvalue weighted by Crippen LogP contribution is 2.46. The standard InChI is InChI=1S/C24H20N2O4/c25-17-10-5-12-19(22(17)27)29-21-14-4-9-16(15-7-2-1-3-8-15)24(21)30-20-13-6-11-18(26)23(20)28/h1-14,27-28H,25-26H2. The van der Waals surface area contributed by atoms with Gasteiger partial charge in [0.05, 0.1) is 11.4 Å². The van der Waals surface area contributed by atoms with E-state index >= 15 is 0 Å². The summed E-state index contributed by atoms with van der Waals surface area (Å²) in [5, 5.41) is 20.6. The zero-order valence-corrected chi connectivity index (χ0v) is 15.9. The summed E-state index contributed by atoms with van der Waals surface area (Å²) in [6, 6.07) is 24.7. The molecular formula is C24H20N2O4.